The molecule has 0 spiro atoms. The number of anilines is 1. The number of nitrogens with one attached hydrogen (secondary N) is 1. The molecule has 112 valence electrons. The topological polar surface area (TPSA) is 72.2 Å². The molecule has 6 heteroatoms. The molecule has 0 bridgehead atoms. The maximum absolute atomic E-state index is 12.9. The smallest absolute Gasteiger partial charge is 0.238 e. The summed E-state index contributed by atoms with van der Waals surface area (Å²) in [4.78, 5) is 0.0721. The molecule has 3 N–H and O–H groups in total. The molecule has 0 amide bonds. The van der Waals surface area contributed by atoms with Gasteiger partial charge in [0.15, 0.2) is 0 Å². The number of sulfonamides is 1. The molecule has 0 saturated carbocycles. The summed E-state index contributed by atoms with van der Waals surface area (Å²) in [5, 5.41) is 8.34. The number of nitrogens with two attached hydrogens (primary N) is 1. The van der Waals surface area contributed by atoms with Gasteiger partial charge in [-0.1, -0.05) is 19.1 Å². The van der Waals surface area contributed by atoms with Gasteiger partial charge in [-0.3, -0.25) is 0 Å². The summed E-state index contributed by atoms with van der Waals surface area (Å²) in [5.74, 6) is -0.272. The van der Waals surface area contributed by atoms with Gasteiger partial charge in [0.25, 0.3) is 0 Å². The van der Waals surface area contributed by atoms with Crippen LogP contribution in [0.3, 0.4) is 0 Å². The van der Waals surface area contributed by atoms with Crippen molar-refractivity contribution in [3.8, 4) is 0 Å². The minimum Gasteiger partial charge on any atom is -0.378 e. The summed E-state index contributed by atoms with van der Waals surface area (Å²) in [5.41, 5.74) is 1.74. The van der Waals surface area contributed by atoms with Crippen LogP contribution in [0.2, 0.25) is 0 Å². The lowest BCUT2D eigenvalue weighted by atomic mass is 10.0. The van der Waals surface area contributed by atoms with E-state index in [-0.39, 0.29) is 16.8 Å². The van der Waals surface area contributed by atoms with Crippen molar-refractivity contribution in [3.63, 3.8) is 0 Å². The Morgan fingerprint density at radius 3 is 2.14 bits per heavy atom. The number of rotatable bonds is 5. The molecule has 0 fully saturated rings. The van der Waals surface area contributed by atoms with Crippen LogP contribution in [0.4, 0.5) is 10.1 Å². The summed E-state index contributed by atoms with van der Waals surface area (Å²) in [6, 6.07) is 12.5. The van der Waals surface area contributed by atoms with Crippen LogP contribution in [-0.2, 0) is 10.0 Å². The third kappa shape index (κ3) is 4.03. The van der Waals surface area contributed by atoms with Gasteiger partial charge in [0.2, 0.25) is 10.0 Å². The van der Waals surface area contributed by atoms with Crippen LogP contribution in [0.15, 0.2) is 53.4 Å². The first-order valence-electron chi connectivity index (χ1n) is 6.55. The van der Waals surface area contributed by atoms with E-state index in [0.717, 1.165) is 17.7 Å². The fourth-order valence-electron chi connectivity index (χ4n) is 2.06. The molecule has 2 rings (SSSR count). The van der Waals surface area contributed by atoms with Crippen molar-refractivity contribution < 1.29 is 12.8 Å². The lowest BCUT2D eigenvalue weighted by Crippen LogP contribution is -2.13. The fraction of sp³-hybridized carbons (Fsp3) is 0.200. The van der Waals surface area contributed by atoms with Gasteiger partial charge in [0, 0.05) is 5.69 Å². The summed E-state index contributed by atoms with van der Waals surface area (Å²) in [6.45, 7) is 2.01. The van der Waals surface area contributed by atoms with Crippen molar-refractivity contribution in [1.82, 2.24) is 0 Å². The Kier molecular flexibility index (Phi) is 4.59. The first kappa shape index (κ1) is 15.5. The second-order valence-electron chi connectivity index (χ2n) is 4.73. The molecule has 0 aromatic heterocycles. The third-order valence-corrected chi connectivity index (χ3v) is 4.13. The maximum Gasteiger partial charge on any atom is 0.238 e. The van der Waals surface area contributed by atoms with Crippen molar-refractivity contribution in [2.24, 2.45) is 5.14 Å². The molecular formula is C15H17FN2O2S. The summed E-state index contributed by atoms with van der Waals surface area (Å²) in [7, 11) is -3.68. The number of hydrogen-bond donors (Lipinski definition) is 2. The minimum absolute atomic E-state index is 0.0194. The van der Waals surface area contributed by atoms with Crippen LogP contribution in [0.1, 0.15) is 24.9 Å². The highest BCUT2D eigenvalue weighted by Gasteiger charge is 2.11. The molecule has 1 atom stereocenters. The van der Waals surface area contributed by atoms with Crippen LogP contribution in [0.5, 0.6) is 0 Å². The molecule has 0 aliphatic rings. The number of primary sulfonamides is 1. The van der Waals surface area contributed by atoms with Crippen molar-refractivity contribution in [2.45, 2.75) is 24.3 Å². The Morgan fingerprint density at radius 2 is 1.67 bits per heavy atom. The van der Waals surface area contributed by atoms with E-state index in [1.807, 2.05) is 6.92 Å². The number of benzene rings is 2. The van der Waals surface area contributed by atoms with Gasteiger partial charge in [-0.2, -0.15) is 0 Å². The molecular weight excluding hydrogens is 291 g/mol. The molecule has 0 saturated heterocycles. The van der Waals surface area contributed by atoms with Crippen LogP contribution < -0.4 is 10.5 Å². The molecule has 4 nitrogen and oxygen atoms in total. The summed E-state index contributed by atoms with van der Waals surface area (Å²) < 4.78 is 35.3. The zero-order valence-corrected chi connectivity index (χ0v) is 12.4. The van der Waals surface area contributed by atoms with Crippen LogP contribution in [0, 0.1) is 5.82 Å². The van der Waals surface area contributed by atoms with Crippen LogP contribution >= 0.6 is 0 Å². The molecule has 0 radical (unpaired) electrons. The fourth-order valence-corrected chi connectivity index (χ4v) is 2.57. The van der Waals surface area contributed by atoms with E-state index in [1.165, 1.54) is 24.3 Å². The van der Waals surface area contributed by atoms with Gasteiger partial charge < -0.3 is 5.32 Å². The second kappa shape index (κ2) is 6.24. The van der Waals surface area contributed by atoms with Crippen LogP contribution in [0.25, 0.3) is 0 Å². The highest BCUT2D eigenvalue weighted by molar-refractivity contribution is 7.89. The Bertz CT molecular complexity index is 697. The normalized spacial score (nSPS) is 12.9. The third-order valence-electron chi connectivity index (χ3n) is 3.20. The lowest BCUT2D eigenvalue weighted by Gasteiger charge is -2.19. The summed E-state index contributed by atoms with van der Waals surface area (Å²) >= 11 is 0. The predicted molar refractivity (Wildman–Crippen MR) is 80.9 cm³/mol. The largest absolute Gasteiger partial charge is 0.378 e. The highest BCUT2D eigenvalue weighted by atomic mass is 32.2. The van der Waals surface area contributed by atoms with Gasteiger partial charge in [0.1, 0.15) is 5.82 Å². The lowest BCUT2D eigenvalue weighted by molar-refractivity contribution is 0.598. The SMILES string of the molecule is CCC(Nc1ccc(S(N)(=O)=O)cc1)c1ccc(F)cc1. The van der Waals surface area contributed by atoms with Crippen molar-refractivity contribution in [1.29, 1.82) is 0 Å². The quantitative estimate of drug-likeness (QED) is 0.891. The Labute approximate surface area is 123 Å². The first-order valence-corrected chi connectivity index (χ1v) is 8.09. The van der Waals surface area contributed by atoms with Gasteiger partial charge in [-0.25, -0.2) is 17.9 Å². The highest BCUT2D eigenvalue weighted by Crippen LogP contribution is 2.23. The van der Waals surface area contributed by atoms with E-state index >= 15 is 0 Å². The zero-order valence-electron chi connectivity index (χ0n) is 11.6. The van der Waals surface area contributed by atoms with E-state index < -0.39 is 10.0 Å². The second-order valence-corrected chi connectivity index (χ2v) is 6.29. The average molecular weight is 308 g/mol. The van der Waals surface area contributed by atoms with Crippen molar-refractivity contribution >= 4 is 15.7 Å². The molecule has 0 heterocycles. The predicted octanol–water partition coefficient (Wildman–Crippen LogP) is 3.04. The van der Waals surface area contributed by atoms with Crippen molar-refractivity contribution in [3.05, 3.63) is 59.9 Å². The van der Waals surface area contributed by atoms with Crippen LogP contribution in [-0.4, -0.2) is 8.42 Å². The zero-order chi connectivity index (χ0) is 15.5. The number of hydrogen-bond acceptors (Lipinski definition) is 3. The molecule has 0 aliphatic heterocycles. The van der Waals surface area contributed by atoms with E-state index in [1.54, 1.807) is 24.3 Å². The van der Waals surface area contributed by atoms with E-state index in [2.05, 4.69) is 5.32 Å². The maximum atomic E-state index is 12.9. The average Bonchev–Trinajstić information content (AvgIpc) is 2.45. The Morgan fingerprint density at radius 1 is 1.10 bits per heavy atom. The molecule has 2 aromatic rings. The molecule has 1 unspecified atom stereocenters. The number of halogens is 1. The minimum atomic E-state index is -3.68. The Balaban J connectivity index is 2.17. The van der Waals surface area contributed by atoms with E-state index in [0.29, 0.717) is 0 Å². The van der Waals surface area contributed by atoms with E-state index in [4.69, 9.17) is 5.14 Å². The molecule has 2 aromatic carbocycles. The van der Waals surface area contributed by atoms with Gasteiger partial charge in [0.05, 0.1) is 10.9 Å². The monoisotopic (exact) mass is 308 g/mol. The Hall–Kier alpha value is -1.92. The van der Waals surface area contributed by atoms with Gasteiger partial charge >= 0.3 is 0 Å². The van der Waals surface area contributed by atoms with Gasteiger partial charge in [-0.15, -0.1) is 0 Å². The molecule has 21 heavy (non-hydrogen) atoms. The van der Waals surface area contributed by atoms with Crippen molar-refractivity contribution in [2.75, 3.05) is 5.32 Å². The first-order chi connectivity index (χ1) is 9.90. The standard InChI is InChI=1S/C15H17FN2O2S/c1-2-15(11-3-5-12(16)6-4-11)18-13-7-9-14(10-8-13)21(17,19)20/h3-10,15,18H,2H2,1H3,(H2,17,19,20). The van der Waals surface area contributed by atoms with Gasteiger partial charge in [-0.05, 0) is 48.4 Å². The summed E-state index contributed by atoms with van der Waals surface area (Å²) in [6.07, 6.45) is 0.808. The van der Waals surface area contributed by atoms with E-state index in [9.17, 15) is 12.8 Å². The molecule has 0 aliphatic carbocycles.